The lowest BCUT2D eigenvalue weighted by Gasteiger charge is -2.36. The standard InChI is InChI=1S/C20H29NO5/c1-20(2,15-8-10-21-11-9-15)26-18(22)7-6-14-12-16(23-3)19(25-5)17(13-14)24-4/h6-7,12-13,15,21H,8-11H2,1-5H3/b7-6+. The Bertz CT molecular complexity index is 623. The van der Waals surface area contributed by atoms with Gasteiger partial charge in [0, 0.05) is 12.0 Å². The number of esters is 1. The second-order valence-electron chi connectivity index (χ2n) is 6.84. The number of hydrogen-bond donors (Lipinski definition) is 1. The molecule has 6 heteroatoms. The quantitative estimate of drug-likeness (QED) is 0.593. The number of nitrogens with one attached hydrogen (secondary N) is 1. The Kier molecular flexibility index (Phi) is 6.91. The van der Waals surface area contributed by atoms with Crippen LogP contribution in [0.2, 0.25) is 0 Å². The summed E-state index contributed by atoms with van der Waals surface area (Å²) in [4.78, 5) is 12.3. The van der Waals surface area contributed by atoms with E-state index in [9.17, 15) is 4.79 Å². The second-order valence-corrected chi connectivity index (χ2v) is 6.84. The first-order valence-electron chi connectivity index (χ1n) is 8.83. The average molecular weight is 363 g/mol. The van der Waals surface area contributed by atoms with E-state index < -0.39 is 5.60 Å². The molecule has 0 aliphatic carbocycles. The highest BCUT2D eigenvalue weighted by Crippen LogP contribution is 2.38. The monoisotopic (exact) mass is 363 g/mol. The molecule has 144 valence electrons. The van der Waals surface area contributed by atoms with Crippen LogP contribution in [0, 0.1) is 5.92 Å². The van der Waals surface area contributed by atoms with E-state index in [1.165, 1.54) is 6.08 Å². The van der Waals surface area contributed by atoms with Gasteiger partial charge in [0.25, 0.3) is 0 Å². The molecular formula is C20H29NO5. The summed E-state index contributed by atoms with van der Waals surface area (Å²) in [5.41, 5.74) is 0.273. The van der Waals surface area contributed by atoms with Crippen LogP contribution < -0.4 is 19.5 Å². The number of hydrogen-bond acceptors (Lipinski definition) is 6. The fraction of sp³-hybridized carbons (Fsp3) is 0.550. The van der Waals surface area contributed by atoms with E-state index >= 15 is 0 Å². The van der Waals surface area contributed by atoms with Gasteiger partial charge in [0.15, 0.2) is 11.5 Å². The summed E-state index contributed by atoms with van der Waals surface area (Å²) in [5, 5.41) is 3.33. The average Bonchev–Trinajstić information content (AvgIpc) is 2.65. The van der Waals surface area contributed by atoms with Crippen molar-refractivity contribution in [2.75, 3.05) is 34.4 Å². The molecule has 1 aliphatic rings. The highest BCUT2D eigenvalue weighted by Gasteiger charge is 2.33. The summed E-state index contributed by atoms with van der Waals surface area (Å²) in [5.74, 6) is 1.59. The third-order valence-corrected chi connectivity index (χ3v) is 4.78. The molecular weight excluding hydrogens is 334 g/mol. The Morgan fingerprint density at radius 1 is 1.08 bits per heavy atom. The zero-order chi connectivity index (χ0) is 19.2. The lowest BCUT2D eigenvalue weighted by molar-refractivity contribution is -0.156. The van der Waals surface area contributed by atoms with Gasteiger partial charge in [0.05, 0.1) is 21.3 Å². The van der Waals surface area contributed by atoms with E-state index in [1.807, 2.05) is 13.8 Å². The number of ether oxygens (including phenoxy) is 4. The minimum Gasteiger partial charge on any atom is -0.493 e. The summed E-state index contributed by atoms with van der Waals surface area (Å²) >= 11 is 0. The van der Waals surface area contributed by atoms with Gasteiger partial charge in [-0.25, -0.2) is 4.79 Å². The molecule has 0 atom stereocenters. The van der Waals surface area contributed by atoms with Gasteiger partial charge in [-0.1, -0.05) is 0 Å². The lowest BCUT2D eigenvalue weighted by atomic mass is 9.83. The summed E-state index contributed by atoms with van der Waals surface area (Å²) in [6.45, 7) is 5.89. The van der Waals surface area contributed by atoms with Crippen LogP contribution in [-0.4, -0.2) is 46.0 Å². The van der Waals surface area contributed by atoms with Gasteiger partial charge in [-0.05, 0) is 63.6 Å². The molecule has 1 saturated heterocycles. The number of carbonyl (C=O) groups excluding carboxylic acids is 1. The Morgan fingerprint density at radius 2 is 1.65 bits per heavy atom. The van der Waals surface area contributed by atoms with E-state index in [0.29, 0.717) is 23.2 Å². The summed E-state index contributed by atoms with van der Waals surface area (Å²) < 4.78 is 21.7. The Labute approximate surface area is 155 Å². The first-order chi connectivity index (χ1) is 12.4. The van der Waals surface area contributed by atoms with Gasteiger partial charge in [-0.2, -0.15) is 0 Å². The van der Waals surface area contributed by atoms with Gasteiger partial charge < -0.3 is 24.3 Å². The number of methoxy groups -OCH3 is 3. The zero-order valence-electron chi connectivity index (χ0n) is 16.3. The molecule has 1 aliphatic heterocycles. The van der Waals surface area contributed by atoms with E-state index in [-0.39, 0.29) is 5.97 Å². The van der Waals surface area contributed by atoms with Crippen molar-refractivity contribution < 1.29 is 23.7 Å². The van der Waals surface area contributed by atoms with E-state index in [0.717, 1.165) is 31.5 Å². The SMILES string of the molecule is COc1cc(/C=C/C(=O)OC(C)(C)C2CCNCC2)cc(OC)c1OC. The largest absolute Gasteiger partial charge is 0.493 e. The fourth-order valence-electron chi connectivity index (χ4n) is 3.26. The molecule has 0 amide bonds. The second kappa shape index (κ2) is 8.94. The summed E-state index contributed by atoms with van der Waals surface area (Å²) in [7, 11) is 4.66. The predicted molar refractivity (Wildman–Crippen MR) is 101 cm³/mol. The minimum absolute atomic E-state index is 0.359. The maximum Gasteiger partial charge on any atom is 0.331 e. The van der Waals surface area contributed by atoms with Crippen molar-refractivity contribution in [2.24, 2.45) is 5.92 Å². The van der Waals surface area contributed by atoms with Crippen LogP contribution in [-0.2, 0) is 9.53 Å². The van der Waals surface area contributed by atoms with Gasteiger partial charge in [0.1, 0.15) is 5.60 Å². The molecule has 0 spiro atoms. The minimum atomic E-state index is -0.487. The van der Waals surface area contributed by atoms with Crippen molar-refractivity contribution in [1.29, 1.82) is 0 Å². The normalized spacial score (nSPS) is 15.7. The van der Waals surface area contributed by atoms with E-state index in [4.69, 9.17) is 18.9 Å². The first-order valence-corrected chi connectivity index (χ1v) is 8.83. The van der Waals surface area contributed by atoms with Crippen LogP contribution in [0.3, 0.4) is 0 Å². The molecule has 6 nitrogen and oxygen atoms in total. The van der Waals surface area contributed by atoms with Crippen LogP contribution >= 0.6 is 0 Å². The smallest absolute Gasteiger partial charge is 0.331 e. The van der Waals surface area contributed by atoms with Crippen LogP contribution in [0.5, 0.6) is 17.2 Å². The Morgan fingerprint density at radius 3 is 2.15 bits per heavy atom. The number of benzene rings is 1. The van der Waals surface area contributed by atoms with Gasteiger partial charge >= 0.3 is 5.97 Å². The highest BCUT2D eigenvalue weighted by molar-refractivity contribution is 5.87. The molecule has 1 N–H and O–H groups in total. The first kappa shape index (κ1) is 20.1. The van der Waals surface area contributed by atoms with E-state index in [2.05, 4.69) is 5.32 Å². The highest BCUT2D eigenvalue weighted by atomic mass is 16.6. The molecule has 2 rings (SSSR count). The van der Waals surface area contributed by atoms with Crippen molar-refractivity contribution in [1.82, 2.24) is 5.32 Å². The molecule has 1 aromatic carbocycles. The fourth-order valence-corrected chi connectivity index (χ4v) is 3.26. The van der Waals surface area contributed by atoms with E-state index in [1.54, 1.807) is 39.5 Å². The maximum absolute atomic E-state index is 12.3. The Hall–Kier alpha value is -2.21. The third kappa shape index (κ3) is 4.91. The molecule has 1 heterocycles. The molecule has 0 bridgehead atoms. The summed E-state index contributed by atoms with van der Waals surface area (Å²) in [6.07, 6.45) is 5.14. The number of rotatable bonds is 7. The molecule has 0 saturated carbocycles. The number of piperidine rings is 1. The van der Waals surface area contributed by atoms with Crippen molar-refractivity contribution in [3.63, 3.8) is 0 Å². The van der Waals surface area contributed by atoms with Crippen LogP contribution in [0.25, 0.3) is 6.08 Å². The molecule has 0 aromatic heterocycles. The van der Waals surface area contributed by atoms with Gasteiger partial charge in [0.2, 0.25) is 5.75 Å². The van der Waals surface area contributed by atoms with Crippen LogP contribution in [0.15, 0.2) is 18.2 Å². The maximum atomic E-state index is 12.3. The van der Waals surface area contributed by atoms with Gasteiger partial charge in [-0.3, -0.25) is 0 Å². The van der Waals surface area contributed by atoms with Crippen molar-refractivity contribution in [3.05, 3.63) is 23.8 Å². The summed E-state index contributed by atoms with van der Waals surface area (Å²) in [6, 6.07) is 3.56. The predicted octanol–water partition coefficient (Wildman–Crippen LogP) is 3.05. The molecule has 26 heavy (non-hydrogen) atoms. The lowest BCUT2D eigenvalue weighted by Crippen LogP contribution is -2.42. The van der Waals surface area contributed by atoms with Crippen molar-refractivity contribution in [3.8, 4) is 17.2 Å². The zero-order valence-corrected chi connectivity index (χ0v) is 16.3. The molecule has 1 aromatic rings. The molecule has 0 unspecified atom stereocenters. The van der Waals surface area contributed by atoms with Crippen molar-refractivity contribution >= 4 is 12.0 Å². The number of carbonyl (C=O) groups is 1. The molecule has 1 fully saturated rings. The van der Waals surface area contributed by atoms with Gasteiger partial charge in [-0.15, -0.1) is 0 Å². The van der Waals surface area contributed by atoms with Crippen molar-refractivity contribution in [2.45, 2.75) is 32.3 Å². The Balaban J connectivity index is 2.09. The molecule has 0 radical (unpaired) electrons. The third-order valence-electron chi connectivity index (χ3n) is 4.78. The topological polar surface area (TPSA) is 66.0 Å². The van der Waals surface area contributed by atoms with Crippen LogP contribution in [0.4, 0.5) is 0 Å². The van der Waals surface area contributed by atoms with Crippen LogP contribution in [0.1, 0.15) is 32.3 Å².